The van der Waals surface area contributed by atoms with Crippen molar-refractivity contribution in [3.63, 3.8) is 0 Å². The highest BCUT2D eigenvalue weighted by molar-refractivity contribution is 7.89. The maximum Gasteiger partial charge on any atom is 0.246 e. The minimum absolute atomic E-state index is 0.00920. The molecule has 0 saturated carbocycles. The molecular weight excluding hydrogens is 311 g/mol. The number of β-amino-alcohol motifs (C(OH)–C–C–N with tert-alkyl or cyclic N) is 1. The minimum atomic E-state index is -3.82. The lowest BCUT2D eigenvalue weighted by atomic mass is 10.1. The zero-order valence-electron chi connectivity index (χ0n) is 10.0. The van der Waals surface area contributed by atoms with Gasteiger partial charge in [-0.25, -0.2) is 8.42 Å². The lowest BCUT2D eigenvalue weighted by Crippen LogP contribution is -2.42. The molecule has 0 spiro atoms. The second kappa shape index (κ2) is 5.46. The van der Waals surface area contributed by atoms with Crippen molar-refractivity contribution < 1.29 is 13.5 Å². The molecular formula is C11H14Cl2N2O3S. The summed E-state index contributed by atoms with van der Waals surface area (Å²) in [5.74, 6) is 0. The molecule has 1 atom stereocenters. The van der Waals surface area contributed by atoms with E-state index in [0.29, 0.717) is 25.1 Å². The first-order valence-corrected chi connectivity index (χ1v) is 7.94. The van der Waals surface area contributed by atoms with E-state index in [1.807, 2.05) is 0 Å². The number of piperidine rings is 1. The van der Waals surface area contributed by atoms with Crippen molar-refractivity contribution in [2.24, 2.45) is 0 Å². The smallest absolute Gasteiger partial charge is 0.246 e. The third-order valence-corrected chi connectivity index (χ3v) is 5.77. The summed E-state index contributed by atoms with van der Waals surface area (Å²) in [5, 5.41) is 9.56. The number of rotatable bonds is 2. The van der Waals surface area contributed by atoms with Crippen LogP contribution in [0, 0.1) is 0 Å². The molecule has 19 heavy (non-hydrogen) atoms. The standard InChI is InChI=1S/C11H14Cl2N2O3S/c12-9-4-7(14)5-10(13)11(9)19(17,18)15-3-1-2-8(16)6-15/h4-5,8,16H,1-3,6,14H2/t8-/m0/s1. The maximum atomic E-state index is 12.5. The molecule has 1 saturated heterocycles. The predicted molar refractivity (Wildman–Crippen MR) is 74.9 cm³/mol. The molecule has 5 nitrogen and oxygen atoms in total. The van der Waals surface area contributed by atoms with Crippen LogP contribution in [0.25, 0.3) is 0 Å². The van der Waals surface area contributed by atoms with Gasteiger partial charge in [-0.1, -0.05) is 23.2 Å². The van der Waals surface area contributed by atoms with E-state index in [1.165, 1.54) is 16.4 Å². The number of nitrogen functional groups attached to an aromatic ring is 1. The molecule has 8 heteroatoms. The van der Waals surface area contributed by atoms with Crippen molar-refractivity contribution >= 4 is 38.9 Å². The summed E-state index contributed by atoms with van der Waals surface area (Å²) in [6.45, 7) is 0.399. The van der Waals surface area contributed by atoms with Crippen LogP contribution in [-0.2, 0) is 10.0 Å². The van der Waals surface area contributed by atoms with E-state index < -0.39 is 16.1 Å². The average molecular weight is 325 g/mol. The van der Waals surface area contributed by atoms with Gasteiger partial charge in [0.1, 0.15) is 4.90 Å². The number of halogens is 2. The van der Waals surface area contributed by atoms with Crippen molar-refractivity contribution in [2.45, 2.75) is 23.8 Å². The molecule has 1 aliphatic heterocycles. The van der Waals surface area contributed by atoms with Gasteiger partial charge in [-0.3, -0.25) is 0 Å². The number of aliphatic hydroxyl groups excluding tert-OH is 1. The highest BCUT2D eigenvalue weighted by Crippen LogP contribution is 2.34. The largest absolute Gasteiger partial charge is 0.399 e. The van der Waals surface area contributed by atoms with Crippen LogP contribution in [0.5, 0.6) is 0 Å². The molecule has 0 bridgehead atoms. The van der Waals surface area contributed by atoms with Crippen LogP contribution in [0.1, 0.15) is 12.8 Å². The Balaban J connectivity index is 2.45. The van der Waals surface area contributed by atoms with Crippen LogP contribution in [0.4, 0.5) is 5.69 Å². The van der Waals surface area contributed by atoms with Crippen LogP contribution in [0.15, 0.2) is 17.0 Å². The van der Waals surface area contributed by atoms with Crippen molar-refractivity contribution in [3.05, 3.63) is 22.2 Å². The number of sulfonamides is 1. The second-order valence-electron chi connectivity index (χ2n) is 4.47. The molecule has 3 N–H and O–H groups in total. The lowest BCUT2D eigenvalue weighted by Gasteiger charge is -2.29. The molecule has 106 valence electrons. The quantitative estimate of drug-likeness (QED) is 0.811. The SMILES string of the molecule is Nc1cc(Cl)c(S(=O)(=O)N2CCC[C@H](O)C2)c(Cl)c1. The topological polar surface area (TPSA) is 83.6 Å². The summed E-state index contributed by atoms with van der Waals surface area (Å²) in [5.41, 5.74) is 5.85. The first-order valence-electron chi connectivity index (χ1n) is 5.75. The molecule has 0 aliphatic carbocycles. The highest BCUT2D eigenvalue weighted by atomic mass is 35.5. The van der Waals surface area contributed by atoms with Gasteiger partial charge in [0.15, 0.2) is 0 Å². The zero-order chi connectivity index (χ0) is 14.2. The summed E-state index contributed by atoms with van der Waals surface area (Å²) in [4.78, 5) is -0.154. The highest BCUT2D eigenvalue weighted by Gasteiger charge is 2.32. The van der Waals surface area contributed by atoms with Crippen LogP contribution >= 0.6 is 23.2 Å². The van der Waals surface area contributed by atoms with Gasteiger partial charge in [-0.2, -0.15) is 4.31 Å². The Kier molecular flexibility index (Phi) is 4.27. The summed E-state index contributed by atoms with van der Waals surface area (Å²) in [6.07, 6.45) is 0.537. The van der Waals surface area contributed by atoms with Crippen LogP contribution in [-0.4, -0.2) is 37.0 Å². The normalized spacial score (nSPS) is 21.5. The molecule has 0 amide bonds. The monoisotopic (exact) mass is 324 g/mol. The number of hydrogen-bond acceptors (Lipinski definition) is 4. The van der Waals surface area contributed by atoms with Crippen molar-refractivity contribution in [3.8, 4) is 0 Å². The summed E-state index contributed by atoms with van der Waals surface area (Å²) in [7, 11) is -3.82. The Morgan fingerprint density at radius 3 is 2.42 bits per heavy atom. The van der Waals surface area contributed by atoms with E-state index in [-0.39, 0.29) is 21.5 Å². The maximum absolute atomic E-state index is 12.5. The van der Waals surface area contributed by atoms with E-state index in [0.717, 1.165) is 0 Å². The molecule has 1 aromatic carbocycles. The fourth-order valence-electron chi connectivity index (χ4n) is 2.09. The third-order valence-electron chi connectivity index (χ3n) is 2.98. The molecule has 0 radical (unpaired) electrons. The molecule has 1 heterocycles. The van der Waals surface area contributed by atoms with Gasteiger partial charge in [0.05, 0.1) is 16.1 Å². The Bertz CT molecular complexity index is 569. The molecule has 1 aromatic rings. The fourth-order valence-corrected chi connectivity index (χ4v) is 4.79. The first kappa shape index (κ1) is 14.9. The fraction of sp³-hybridized carbons (Fsp3) is 0.455. The second-order valence-corrected chi connectivity index (χ2v) is 7.16. The lowest BCUT2D eigenvalue weighted by molar-refractivity contribution is 0.108. The van der Waals surface area contributed by atoms with Crippen LogP contribution in [0.3, 0.4) is 0 Å². The third kappa shape index (κ3) is 2.98. The van der Waals surface area contributed by atoms with Crippen molar-refractivity contribution in [2.75, 3.05) is 18.8 Å². The Labute approximate surface area is 122 Å². The van der Waals surface area contributed by atoms with Gasteiger partial charge in [-0.05, 0) is 25.0 Å². The average Bonchev–Trinajstić information content (AvgIpc) is 2.26. The van der Waals surface area contributed by atoms with E-state index >= 15 is 0 Å². The number of benzene rings is 1. The number of anilines is 1. The summed E-state index contributed by atoms with van der Waals surface area (Å²) in [6, 6.07) is 2.70. The van der Waals surface area contributed by atoms with Gasteiger partial charge in [0, 0.05) is 18.8 Å². The summed E-state index contributed by atoms with van der Waals surface area (Å²) < 4.78 is 26.2. The molecule has 0 aromatic heterocycles. The van der Waals surface area contributed by atoms with E-state index in [2.05, 4.69) is 0 Å². The Morgan fingerprint density at radius 2 is 1.89 bits per heavy atom. The van der Waals surface area contributed by atoms with Gasteiger partial charge in [-0.15, -0.1) is 0 Å². The van der Waals surface area contributed by atoms with Gasteiger partial charge in [0.25, 0.3) is 0 Å². The Hall–Kier alpha value is -0.530. The molecule has 0 unspecified atom stereocenters. The van der Waals surface area contributed by atoms with Crippen molar-refractivity contribution in [1.82, 2.24) is 4.31 Å². The van der Waals surface area contributed by atoms with Crippen LogP contribution < -0.4 is 5.73 Å². The molecule has 1 fully saturated rings. The zero-order valence-corrected chi connectivity index (χ0v) is 12.3. The minimum Gasteiger partial charge on any atom is -0.399 e. The summed E-state index contributed by atoms with van der Waals surface area (Å²) >= 11 is 11.9. The first-order chi connectivity index (χ1) is 8.82. The number of nitrogens with zero attached hydrogens (tertiary/aromatic N) is 1. The van der Waals surface area contributed by atoms with Gasteiger partial charge >= 0.3 is 0 Å². The predicted octanol–water partition coefficient (Wildman–Crippen LogP) is 1.72. The van der Waals surface area contributed by atoms with Crippen molar-refractivity contribution in [1.29, 1.82) is 0 Å². The number of aliphatic hydroxyl groups is 1. The molecule has 1 aliphatic rings. The van der Waals surface area contributed by atoms with Gasteiger partial charge < -0.3 is 10.8 Å². The van der Waals surface area contributed by atoms with E-state index in [1.54, 1.807) is 0 Å². The van der Waals surface area contributed by atoms with Crippen LogP contribution in [0.2, 0.25) is 10.0 Å². The number of nitrogens with two attached hydrogens (primary N) is 1. The Morgan fingerprint density at radius 1 is 1.32 bits per heavy atom. The van der Waals surface area contributed by atoms with Gasteiger partial charge in [0.2, 0.25) is 10.0 Å². The molecule has 2 rings (SSSR count). The van der Waals surface area contributed by atoms with E-state index in [4.69, 9.17) is 28.9 Å². The number of hydrogen-bond donors (Lipinski definition) is 2. The van der Waals surface area contributed by atoms with E-state index in [9.17, 15) is 13.5 Å².